The highest BCUT2D eigenvalue weighted by molar-refractivity contribution is 5.92. The molecule has 0 aromatic heterocycles. The normalized spacial score (nSPS) is 23.7. The lowest BCUT2D eigenvalue weighted by Crippen LogP contribution is -2.34. The van der Waals surface area contributed by atoms with Crippen LogP contribution < -0.4 is 5.32 Å². The van der Waals surface area contributed by atoms with Crippen LogP contribution in [0.3, 0.4) is 0 Å². The first-order chi connectivity index (χ1) is 9.83. The second-order valence-corrected chi connectivity index (χ2v) is 4.79. The number of nitrogens with zero attached hydrogens (tertiary/aromatic N) is 1. The molecule has 0 unspecified atom stereocenters. The van der Waals surface area contributed by atoms with E-state index in [2.05, 4.69) is 10.5 Å². The van der Waals surface area contributed by atoms with Gasteiger partial charge in [0, 0.05) is 0 Å². The van der Waals surface area contributed by atoms with E-state index < -0.39 is 6.09 Å². The van der Waals surface area contributed by atoms with Gasteiger partial charge in [-0.25, -0.2) is 4.79 Å². The van der Waals surface area contributed by atoms with Crippen LogP contribution >= 0.6 is 0 Å². The van der Waals surface area contributed by atoms with Gasteiger partial charge in [-0.3, -0.25) is 0 Å². The maximum atomic E-state index is 11.6. The zero-order valence-corrected chi connectivity index (χ0v) is 11.0. The predicted octanol–water partition coefficient (Wildman–Crippen LogP) is 1.31. The molecule has 0 aliphatic carbocycles. The average Bonchev–Trinajstić information content (AvgIpc) is 3.07. The molecule has 1 fully saturated rings. The van der Waals surface area contributed by atoms with Gasteiger partial charge in [0.05, 0.1) is 31.4 Å². The molecule has 2 aliphatic rings. The minimum Gasteiger partial charge on any atom is -0.445 e. The third-order valence-corrected chi connectivity index (χ3v) is 3.39. The fourth-order valence-electron chi connectivity index (χ4n) is 2.25. The van der Waals surface area contributed by atoms with Gasteiger partial charge in [-0.2, -0.15) is 0 Å². The molecule has 2 atom stereocenters. The summed E-state index contributed by atoms with van der Waals surface area (Å²) in [4.78, 5) is 16.8. The van der Waals surface area contributed by atoms with Gasteiger partial charge >= 0.3 is 6.09 Å². The Morgan fingerprint density at radius 2 is 2.20 bits per heavy atom. The van der Waals surface area contributed by atoms with E-state index in [1.807, 2.05) is 30.3 Å². The summed E-state index contributed by atoms with van der Waals surface area (Å²) in [6.45, 7) is 1.75. The number of alkyl carbamates (subject to hydrolysis) is 1. The molecule has 1 amide bonds. The third kappa shape index (κ3) is 2.91. The van der Waals surface area contributed by atoms with Gasteiger partial charge < -0.3 is 19.6 Å². The number of hydrogen-bond acceptors (Lipinski definition) is 5. The molecule has 20 heavy (non-hydrogen) atoms. The van der Waals surface area contributed by atoms with Crippen LogP contribution in [0.25, 0.3) is 0 Å². The summed E-state index contributed by atoms with van der Waals surface area (Å²) in [5.41, 5.74) is 1.76. The summed E-state index contributed by atoms with van der Waals surface area (Å²) in [6.07, 6.45) is -0.453. The third-order valence-electron chi connectivity index (χ3n) is 3.39. The van der Waals surface area contributed by atoms with Gasteiger partial charge in [0.15, 0.2) is 6.10 Å². The van der Waals surface area contributed by atoms with Gasteiger partial charge in [0.25, 0.3) is 0 Å². The summed E-state index contributed by atoms with van der Waals surface area (Å²) < 4.78 is 10.4. The number of benzene rings is 1. The Morgan fingerprint density at radius 1 is 1.35 bits per heavy atom. The summed E-state index contributed by atoms with van der Waals surface area (Å²) in [5, 5.41) is 6.66. The molecule has 3 rings (SSSR count). The second kappa shape index (κ2) is 5.92. The molecule has 2 heterocycles. The van der Waals surface area contributed by atoms with Crippen LogP contribution in [-0.4, -0.2) is 37.7 Å². The molecule has 0 bridgehead atoms. The van der Waals surface area contributed by atoms with Crippen LogP contribution in [0.15, 0.2) is 35.5 Å². The van der Waals surface area contributed by atoms with Crippen molar-refractivity contribution in [3.63, 3.8) is 0 Å². The lowest BCUT2D eigenvalue weighted by molar-refractivity contribution is 0.0558. The van der Waals surface area contributed by atoms with E-state index in [0.717, 1.165) is 11.3 Å². The monoisotopic (exact) mass is 276 g/mol. The first-order valence-corrected chi connectivity index (χ1v) is 6.58. The number of ether oxygens (including phenoxy) is 2. The van der Waals surface area contributed by atoms with E-state index in [0.29, 0.717) is 19.8 Å². The summed E-state index contributed by atoms with van der Waals surface area (Å²) in [7, 11) is 0. The van der Waals surface area contributed by atoms with Crippen molar-refractivity contribution >= 4 is 11.8 Å². The Labute approximate surface area is 116 Å². The van der Waals surface area contributed by atoms with E-state index in [4.69, 9.17) is 14.3 Å². The van der Waals surface area contributed by atoms with Gasteiger partial charge in [0.2, 0.25) is 0 Å². The molecular weight excluding hydrogens is 260 g/mol. The van der Waals surface area contributed by atoms with E-state index in [9.17, 15) is 4.79 Å². The topological polar surface area (TPSA) is 69.2 Å². The Morgan fingerprint density at radius 3 is 3.05 bits per heavy atom. The first-order valence-electron chi connectivity index (χ1n) is 6.58. The summed E-state index contributed by atoms with van der Waals surface area (Å²) in [6, 6.07) is 9.54. The van der Waals surface area contributed by atoms with E-state index in [1.165, 1.54) is 0 Å². The van der Waals surface area contributed by atoms with Crippen LogP contribution in [-0.2, 0) is 20.9 Å². The lowest BCUT2D eigenvalue weighted by Gasteiger charge is -2.09. The Bertz CT molecular complexity index is 503. The molecule has 0 spiro atoms. The number of hydrogen-bond donors (Lipinski definition) is 1. The Kier molecular flexibility index (Phi) is 3.83. The zero-order chi connectivity index (χ0) is 13.8. The van der Waals surface area contributed by atoms with E-state index in [-0.39, 0.29) is 18.6 Å². The van der Waals surface area contributed by atoms with Gasteiger partial charge in [-0.1, -0.05) is 35.5 Å². The van der Waals surface area contributed by atoms with Crippen molar-refractivity contribution in [3.05, 3.63) is 35.9 Å². The number of nitrogens with one attached hydrogen (secondary N) is 1. The molecule has 6 nitrogen and oxygen atoms in total. The minimum absolute atomic E-state index is 0.00661. The molecule has 0 radical (unpaired) electrons. The Balaban J connectivity index is 1.41. The van der Waals surface area contributed by atoms with Crippen molar-refractivity contribution in [2.75, 3.05) is 19.8 Å². The van der Waals surface area contributed by atoms with Crippen molar-refractivity contribution in [1.82, 2.24) is 5.32 Å². The highest BCUT2D eigenvalue weighted by atomic mass is 16.7. The number of oxime groups is 1. The molecule has 106 valence electrons. The molecule has 1 aromatic carbocycles. The molecule has 1 aromatic rings. The quantitative estimate of drug-likeness (QED) is 0.900. The number of carbonyl (C=O) groups excluding carboxylic acids is 1. The van der Waals surface area contributed by atoms with Crippen molar-refractivity contribution in [1.29, 1.82) is 0 Å². The highest BCUT2D eigenvalue weighted by Gasteiger charge is 2.39. The lowest BCUT2D eigenvalue weighted by atomic mass is 10.0. The number of fused-ring (bicyclic) bond motifs is 1. The van der Waals surface area contributed by atoms with Crippen LogP contribution in [0, 0.1) is 5.92 Å². The summed E-state index contributed by atoms with van der Waals surface area (Å²) >= 11 is 0. The fraction of sp³-hybridized carbons (Fsp3) is 0.429. The van der Waals surface area contributed by atoms with E-state index in [1.54, 1.807) is 0 Å². The molecule has 2 aliphatic heterocycles. The number of rotatable bonds is 4. The standard InChI is InChI=1S/C14H16N2O4/c17-14(19-7-10-4-2-1-3-5-10)15-6-12-11-8-18-9-13(11)20-16-12/h1-5,11,13H,6-9H2,(H,15,17)/t11-,13-/m1/s1. The first kappa shape index (κ1) is 12.9. The van der Waals surface area contributed by atoms with Crippen LogP contribution in [0.1, 0.15) is 5.56 Å². The van der Waals surface area contributed by atoms with Crippen LogP contribution in [0.5, 0.6) is 0 Å². The largest absolute Gasteiger partial charge is 0.445 e. The van der Waals surface area contributed by atoms with Crippen LogP contribution in [0.4, 0.5) is 4.79 Å². The van der Waals surface area contributed by atoms with Gasteiger partial charge in [-0.05, 0) is 5.56 Å². The molecule has 6 heteroatoms. The van der Waals surface area contributed by atoms with Gasteiger partial charge in [0.1, 0.15) is 6.61 Å². The zero-order valence-electron chi connectivity index (χ0n) is 11.0. The minimum atomic E-state index is -0.459. The smallest absolute Gasteiger partial charge is 0.407 e. The summed E-state index contributed by atoms with van der Waals surface area (Å²) in [5.74, 6) is 0.157. The molecule has 1 N–H and O–H groups in total. The highest BCUT2D eigenvalue weighted by Crippen LogP contribution is 2.24. The molecule has 1 saturated heterocycles. The second-order valence-electron chi connectivity index (χ2n) is 4.79. The average molecular weight is 276 g/mol. The van der Waals surface area contributed by atoms with Crippen LogP contribution in [0.2, 0.25) is 0 Å². The van der Waals surface area contributed by atoms with Crippen molar-refractivity contribution < 1.29 is 19.1 Å². The SMILES string of the molecule is O=C(NCC1=NO[C@@H]2COC[C@H]12)OCc1ccccc1. The van der Waals surface area contributed by atoms with E-state index >= 15 is 0 Å². The van der Waals surface area contributed by atoms with Crippen molar-refractivity contribution in [2.24, 2.45) is 11.1 Å². The van der Waals surface area contributed by atoms with Gasteiger partial charge in [-0.15, -0.1) is 0 Å². The predicted molar refractivity (Wildman–Crippen MR) is 71.2 cm³/mol. The van der Waals surface area contributed by atoms with Crippen molar-refractivity contribution in [2.45, 2.75) is 12.7 Å². The fourth-order valence-corrected chi connectivity index (χ4v) is 2.25. The number of carbonyl (C=O) groups is 1. The molecular formula is C14H16N2O4. The van der Waals surface area contributed by atoms with Crippen molar-refractivity contribution in [3.8, 4) is 0 Å². The Hall–Kier alpha value is -2.08. The molecule has 0 saturated carbocycles. The number of amides is 1. The maximum absolute atomic E-state index is 11.6. The maximum Gasteiger partial charge on any atom is 0.407 e.